The molecule has 2 aromatic heterocycles. The van der Waals surface area contributed by atoms with Crippen LogP contribution < -0.4 is 5.32 Å². The molecular formula is C26H26Cl2N4OS2. The summed E-state index contributed by atoms with van der Waals surface area (Å²) in [6, 6.07) is 9.46. The Morgan fingerprint density at radius 2 is 2.06 bits per heavy atom. The zero-order valence-electron chi connectivity index (χ0n) is 20.0. The number of nitrogens with zero attached hydrogens (tertiary/aromatic N) is 3. The van der Waals surface area contributed by atoms with E-state index in [9.17, 15) is 10.1 Å². The number of aromatic nitrogens is 2. The third-order valence-corrected chi connectivity index (χ3v) is 8.70. The molecule has 4 rings (SSSR count). The molecule has 1 N–H and O–H groups in total. The van der Waals surface area contributed by atoms with Gasteiger partial charge in [0.2, 0.25) is 5.91 Å². The van der Waals surface area contributed by atoms with Crippen LogP contribution >= 0.6 is 46.3 Å². The van der Waals surface area contributed by atoms with Crippen molar-refractivity contribution in [2.45, 2.75) is 57.2 Å². The minimum atomic E-state index is -0.454. The fraction of sp³-hybridized carbons (Fsp3) is 0.385. The number of thiazole rings is 1. The third kappa shape index (κ3) is 6.00. The van der Waals surface area contributed by atoms with Crippen molar-refractivity contribution in [3.63, 3.8) is 0 Å². The summed E-state index contributed by atoms with van der Waals surface area (Å²) in [5, 5.41) is 16.2. The molecule has 1 aromatic carbocycles. The molecule has 0 bridgehead atoms. The molecule has 5 nitrogen and oxygen atoms in total. The number of fused-ring (bicyclic) bond motifs is 1. The molecule has 35 heavy (non-hydrogen) atoms. The fourth-order valence-electron chi connectivity index (χ4n) is 4.13. The van der Waals surface area contributed by atoms with E-state index in [1.165, 1.54) is 23.1 Å². The van der Waals surface area contributed by atoms with Crippen molar-refractivity contribution in [2.24, 2.45) is 11.3 Å². The van der Waals surface area contributed by atoms with E-state index >= 15 is 0 Å². The molecule has 2 atom stereocenters. The average Bonchev–Trinajstić information content (AvgIpc) is 3.25. The molecule has 1 amide bonds. The second-order valence-electron chi connectivity index (χ2n) is 9.78. The van der Waals surface area contributed by atoms with Crippen LogP contribution in [0, 0.1) is 22.7 Å². The van der Waals surface area contributed by atoms with Crippen LogP contribution in [0.15, 0.2) is 34.7 Å². The van der Waals surface area contributed by atoms with Gasteiger partial charge >= 0.3 is 0 Å². The number of nitriles is 1. The first kappa shape index (κ1) is 26.0. The Labute approximate surface area is 224 Å². The normalized spacial score (nSPS) is 16.3. The number of pyridine rings is 1. The van der Waals surface area contributed by atoms with Gasteiger partial charge in [-0.05, 0) is 67.3 Å². The molecule has 0 radical (unpaired) electrons. The number of hydrogen-bond acceptors (Lipinski definition) is 6. The SMILES string of the molecule is CC(Sc1nc2c(cc1C#N)CC(C(C)(C)C)CC2)C(=O)Nc1nc(-c2ccc(Cl)cc2Cl)cs1. The molecule has 0 aliphatic heterocycles. The number of amides is 1. The minimum absolute atomic E-state index is 0.200. The Morgan fingerprint density at radius 1 is 1.29 bits per heavy atom. The predicted octanol–water partition coefficient (Wildman–Crippen LogP) is 7.65. The molecule has 1 aliphatic rings. The minimum Gasteiger partial charge on any atom is -0.301 e. The number of rotatable bonds is 5. The highest BCUT2D eigenvalue weighted by atomic mass is 35.5. The number of carbonyl (C=O) groups is 1. The summed E-state index contributed by atoms with van der Waals surface area (Å²) >= 11 is 14.9. The summed E-state index contributed by atoms with van der Waals surface area (Å²) in [5.74, 6) is 0.367. The quantitative estimate of drug-likeness (QED) is 0.333. The first-order valence-electron chi connectivity index (χ1n) is 11.4. The van der Waals surface area contributed by atoms with Crippen molar-refractivity contribution in [3.8, 4) is 17.3 Å². The van der Waals surface area contributed by atoms with E-state index in [2.05, 4.69) is 37.1 Å². The van der Waals surface area contributed by atoms with Gasteiger partial charge in [0.05, 0.1) is 21.5 Å². The molecule has 1 aliphatic carbocycles. The molecular weight excluding hydrogens is 519 g/mol. The van der Waals surface area contributed by atoms with E-state index in [4.69, 9.17) is 28.2 Å². The Bertz CT molecular complexity index is 1310. The van der Waals surface area contributed by atoms with Crippen molar-refractivity contribution < 1.29 is 4.79 Å². The molecule has 0 saturated heterocycles. The lowest BCUT2D eigenvalue weighted by atomic mass is 9.71. The zero-order chi connectivity index (χ0) is 25.3. The summed E-state index contributed by atoms with van der Waals surface area (Å²) in [5.41, 5.74) is 4.37. The number of thioether (sulfide) groups is 1. The van der Waals surface area contributed by atoms with Gasteiger partial charge in [-0.1, -0.05) is 55.7 Å². The monoisotopic (exact) mass is 544 g/mol. The Balaban J connectivity index is 1.46. The molecule has 2 unspecified atom stereocenters. The van der Waals surface area contributed by atoms with E-state index in [0.717, 1.165) is 36.1 Å². The van der Waals surface area contributed by atoms with Crippen LogP contribution in [0.4, 0.5) is 5.13 Å². The Morgan fingerprint density at radius 3 is 2.74 bits per heavy atom. The molecule has 2 heterocycles. The number of carbonyl (C=O) groups excluding carboxylic acids is 1. The lowest BCUT2D eigenvalue weighted by molar-refractivity contribution is -0.115. The Kier molecular flexibility index (Phi) is 7.77. The van der Waals surface area contributed by atoms with Gasteiger partial charge in [-0.2, -0.15) is 5.26 Å². The first-order valence-corrected chi connectivity index (χ1v) is 13.9. The van der Waals surface area contributed by atoms with Crippen LogP contribution in [0.25, 0.3) is 11.3 Å². The number of halogens is 2. The topological polar surface area (TPSA) is 78.7 Å². The van der Waals surface area contributed by atoms with Gasteiger partial charge < -0.3 is 5.32 Å². The lowest BCUT2D eigenvalue weighted by Gasteiger charge is -2.34. The lowest BCUT2D eigenvalue weighted by Crippen LogP contribution is -2.27. The maximum absolute atomic E-state index is 12.9. The van der Waals surface area contributed by atoms with Gasteiger partial charge in [-0.25, -0.2) is 9.97 Å². The van der Waals surface area contributed by atoms with E-state index < -0.39 is 5.25 Å². The van der Waals surface area contributed by atoms with Crippen molar-refractivity contribution in [1.82, 2.24) is 9.97 Å². The van der Waals surface area contributed by atoms with E-state index in [1.54, 1.807) is 18.2 Å². The molecule has 0 fully saturated rings. The van der Waals surface area contributed by atoms with E-state index in [0.29, 0.717) is 37.4 Å². The maximum atomic E-state index is 12.9. The second kappa shape index (κ2) is 10.5. The van der Waals surface area contributed by atoms with Gasteiger partial charge in [-0.3, -0.25) is 4.79 Å². The largest absolute Gasteiger partial charge is 0.301 e. The van der Waals surface area contributed by atoms with Crippen molar-refractivity contribution >= 4 is 57.3 Å². The summed E-state index contributed by atoms with van der Waals surface area (Å²) in [7, 11) is 0. The second-order valence-corrected chi connectivity index (χ2v) is 12.8. The van der Waals surface area contributed by atoms with Crippen molar-refractivity contribution in [2.75, 3.05) is 5.32 Å². The molecule has 3 aromatic rings. The summed E-state index contributed by atoms with van der Waals surface area (Å²) in [6.07, 6.45) is 2.91. The fourth-order valence-corrected chi connectivity index (χ4v) is 6.25. The van der Waals surface area contributed by atoms with Crippen LogP contribution in [0.2, 0.25) is 10.0 Å². The highest BCUT2D eigenvalue weighted by molar-refractivity contribution is 8.00. The van der Waals surface area contributed by atoms with Crippen LogP contribution in [0.1, 0.15) is 50.9 Å². The highest BCUT2D eigenvalue weighted by Crippen LogP contribution is 2.39. The number of hydrogen-bond donors (Lipinski definition) is 1. The van der Waals surface area contributed by atoms with Gasteiger partial charge in [0.1, 0.15) is 11.1 Å². The summed E-state index contributed by atoms with van der Waals surface area (Å²) in [4.78, 5) is 22.2. The summed E-state index contributed by atoms with van der Waals surface area (Å²) in [6.45, 7) is 8.60. The molecule has 0 spiro atoms. The third-order valence-electron chi connectivity index (χ3n) is 6.30. The van der Waals surface area contributed by atoms with Crippen LogP contribution in [0.5, 0.6) is 0 Å². The van der Waals surface area contributed by atoms with Crippen molar-refractivity contribution in [3.05, 3.63) is 56.5 Å². The molecule has 182 valence electrons. The number of nitrogens with one attached hydrogen (secondary N) is 1. The number of aryl methyl sites for hydroxylation is 1. The van der Waals surface area contributed by atoms with E-state index in [-0.39, 0.29) is 11.3 Å². The maximum Gasteiger partial charge on any atom is 0.239 e. The van der Waals surface area contributed by atoms with Crippen LogP contribution in [-0.4, -0.2) is 21.1 Å². The molecule has 0 saturated carbocycles. The van der Waals surface area contributed by atoms with Gasteiger partial charge in [0.15, 0.2) is 5.13 Å². The average molecular weight is 546 g/mol. The number of benzene rings is 1. The van der Waals surface area contributed by atoms with Gasteiger partial charge in [-0.15, -0.1) is 11.3 Å². The van der Waals surface area contributed by atoms with Gasteiger partial charge in [0.25, 0.3) is 0 Å². The van der Waals surface area contributed by atoms with Crippen LogP contribution in [0.3, 0.4) is 0 Å². The summed E-state index contributed by atoms with van der Waals surface area (Å²) < 4.78 is 0. The predicted molar refractivity (Wildman–Crippen MR) is 145 cm³/mol. The smallest absolute Gasteiger partial charge is 0.239 e. The van der Waals surface area contributed by atoms with Gasteiger partial charge in [0, 0.05) is 21.7 Å². The number of anilines is 1. The first-order chi connectivity index (χ1) is 16.5. The van der Waals surface area contributed by atoms with E-state index in [1.807, 2.05) is 18.4 Å². The van der Waals surface area contributed by atoms with Crippen LogP contribution in [-0.2, 0) is 17.6 Å². The molecule has 9 heteroatoms. The highest BCUT2D eigenvalue weighted by Gasteiger charge is 2.30. The Hall–Kier alpha value is -2.11. The van der Waals surface area contributed by atoms with Crippen molar-refractivity contribution in [1.29, 1.82) is 5.26 Å². The standard InChI is InChI=1S/C26H26Cl2N4OS2/c1-14(23(33)32-25-31-22(13-34-25)19-7-6-18(27)11-20(19)28)35-24-16(12-29)9-15-10-17(26(2,3)4)5-8-21(15)30-24/h6-7,9,11,13-14,17H,5,8,10H2,1-4H3,(H,31,32,33). The zero-order valence-corrected chi connectivity index (χ0v) is 23.1.